The molecule has 12 aromatic rings. The zero-order valence-electron chi connectivity index (χ0n) is 43.0. The van der Waals surface area contributed by atoms with Crippen LogP contribution in [0.25, 0.3) is 59.1 Å². The highest BCUT2D eigenvalue weighted by molar-refractivity contribution is 7.26. The summed E-state index contributed by atoms with van der Waals surface area (Å²) < 4.78 is 16.0. The van der Waals surface area contributed by atoms with E-state index in [1.165, 1.54) is 81.4 Å². The van der Waals surface area contributed by atoms with E-state index in [1.807, 2.05) is 11.3 Å². The molecule has 3 heterocycles. The molecule has 2 spiro atoms. The maximum atomic E-state index is 6.73. The summed E-state index contributed by atoms with van der Waals surface area (Å²) in [6, 6.07) is 93.4. The van der Waals surface area contributed by atoms with E-state index in [-0.39, 0.29) is 0 Å². The third-order valence-electron chi connectivity index (χ3n) is 17.3. The Hall–Kier alpha value is -9.48. The molecule has 0 radical (unpaired) electrons. The molecular formula is C74H49NO2S. The number of rotatable bonds is 6. The predicted octanol–water partition coefficient (Wildman–Crippen LogP) is 19.8. The summed E-state index contributed by atoms with van der Waals surface area (Å²) in [5.41, 5.74) is 21.5. The number of nitrogens with zero attached hydrogens (tertiary/aromatic N) is 1. The second-order valence-electron chi connectivity index (χ2n) is 20.9. The van der Waals surface area contributed by atoms with E-state index in [2.05, 4.69) is 280 Å². The van der Waals surface area contributed by atoms with Gasteiger partial charge in [0.2, 0.25) is 0 Å². The van der Waals surface area contributed by atoms with E-state index >= 15 is 0 Å². The lowest BCUT2D eigenvalue weighted by Gasteiger charge is -2.40. The summed E-state index contributed by atoms with van der Waals surface area (Å²) in [5.74, 6) is 3.56. The average Bonchev–Trinajstić information content (AvgIpc) is 3.91. The van der Waals surface area contributed by atoms with Gasteiger partial charge in [0.15, 0.2) is 0 Å². The second kappa shape index (κ2) is 17.0. The summed E-state index contributed by atoms with van der Waals surface area (Å²) in [5, 5.41) is 2.60. The van der Waals surface area contributed by atoms with Crippen LogP contribution in [0.15, 0.2) is 272 Å². The van der Waals surface area contributed by atoms with Crippen LogP contribution in [0.5, 0.6) is 23.0 Å². The van der Waals surface area contributed by atoms with Crippen LogP contribution in [0, 0.1) is 0 Å². The normalized spacial score (nSPS) is 14.7. The number of hydrogen-bond donors (Lipinski definition) is 0. The molecule has 0 unspecified atom stereocenters. The quantitative estimate of drug-likeness (QED) is 0.166. The molecule has 368 valence electrons. The molecule has 0 N–H and O–H groups in total. The number of benzene rings is 11. The van der Waals surface area contributed by atoms with E-state index in [9.17, 15) is 0 Å². The Morgan fingerprint density at radius 1 is 0.385 bits per heavy atom. The monoisotopic (exact) mass is 1020 g/mol. The summed E-state index contributed by atoms with van der Waals surface area (Å²) in [7, 11) is 0. The first-order valence-corrected chi connectivity index (χ1v) is 27.8. The van der Waals surface area contributed by atoms with E-state index in [0.29, 0.717) is 0 Å². The Kier molecular flexibility index (Phi) is 9.77. The minimum Gasteiger partial charge on any atom is -0.457 e. The van der Waals surface area contributed by atoms with Crippen LogP contribution in [-0.2, 0) is 10.8 Å². The Labute approximate surface area is 457 Å². The Balaban J connectivity index is 0.885. The van der Waals surface area contributed by atoms with Crippen molar-refractivity contribution in [3.63, 3.8) is 0 Å². The molecular weight excluding hydrogens is 967 g/mol. The maximum Gasteiger partial charge on any atom is 0.132 e. The van der Waals surface area contributed by atoms with Crippen molar-refractivity contribution in [1.82, 2.24) is 0 Å². The molecule has 2 aliphatic carbocycles. The summed E-state index contributed by atoms with van der Waals surface area (Å²) >= 11 is 1.87. The van der Waals surface area contributed by atoms with Crippen molar-refractivity contribution < 1.29 is 9.47 Å². The van der Waals surface area contributed by atoms with Gasteiger partial charge >= 0.3 is 0 Å². The number of anilines is 2. The van der Waals surface area contributed by atoms with Crippen LogP contribution in [0.1, 0.15) is 58.4 Å². The summed E-state index contributed by atoms with van der Waals surface area (Å²) in [6.07, 6.45) is 2.32. The first-order chi connectivity index (χ1) is 38.6. The SMILES string of the molecule is C/C=C(\C1=C(C)C2(c3ccccc3Oc3ccccc32)c2ccccc21)N(c1ccc(-c2cccc3c2-c2ccccc2C32c3ccccc3Oc3ccccc32)cc1)c1ccc(-c2cccc3c2sc2ccccc23)cc1. The molecule has 16 rings (SSSR count). The molecule has 0 atom stereocenters. The summed E-state index contributed by atoms with van der Waals surface area (Å²) in [4.78, 5) is 2.48. The van der Waals surface area contributed by atoms with Gasteiger partial charge in [-0.3, -0.25) is 0 Å². The standard InChI is InChI=1S/C74H49NO2S/c1-3-64(70-46(2)73(57-26-7-4-21-55(57)70)59-28-9-13-33-65(59)76-66-34-14-10-29-60(66)73)75(50-44-40-48(41-45-50)52-24-18-25-54-53-20-6-17-37-69(53)78-72(52)54)49-42-38-47(39-43-49)51-23-19-32-63-71(51)56-22-5-8-27-58(56)74(63)61-30-11-15-35-67(61)77-68-36-16-12-31-62(68)74/h3-45H,1-2H3/b64-3+. The molecule has 1 aromatic heterocycles. The van der Waals surface area contributed by atoms with Gasteiger partial charge in [-0.25, -0.2) is 0 Å². The van der Waals surface area contributed by atoms with Crippen LogP contribution >= 0.6 is 11.3 Å². The van der Waals surface area contributed by atoms with Gasteiger partial charge in [0.05, 0.1) is 10.8 Å². The van der Waals surface area contributed by atoms with Crippen molar-refractivity contribution in [3.8, 4) is 56.4 Å². The van der Waals surface area contributed by atoms with Crippen LogP contribution in [0.4, 0.5) is 11.4 Å². The number of hydrogen-bond acceptors (Lipinski definition) is 4. The summed E-state index contributed by atoms with van der Waals surface area (Å²) in [6.45, 7) is 4.55. The molecule has 4 heteroatoms. The van der Waals surface area contributed by atoms with Crippen LogP contribution < -0.4 is 14.4 Å². The molecule has 11 aromatic carbocycles. The molecule has 4 aliphatic rings. The van der Waals surface area contributed by atoms with Gasteiger partial charge in [-0.2, -0.15) is 0 Å². The van der Waals surface area contributed by atoms with Gasteiger partial charge < -0.3 is 14.4 Å². The fourth-order valence-corrected chi connectivity index (χ4v) is 15.4. The smallest absolute Gasteiger partial charge is 0.132 e. The fourth-order valence-electron chi connectivity index (χ4n) is 14.1. The van der Waals surface area contributed by atoms with E-state index < -0.39 is 10.8 Å². The van der Waals surface area contributed by atoms with Crippen molar-refractivity contribution in [2.45, 2.75) is 24.7 Å². The third-order valence-corrected chi connectivity index (χ3v) is 18.5. The highest BCUT2D eigenvalue weighted by Gasteiger charge is 2.53. The van der Waals surface area contributed by atoms with Gasteiger partial charge in [-0.1, -0.05) is 206 Å². The van der Waals surface area contributed by atoms with Crippen molar-refractivity contribution in [2.75, 3.05) is 4.90 Å². The number of fused-ring (bicyclic) bond motifs is 18. The molecule has 2 aliphatic heterocycles. The fraction of sp³-hybridized carbons (Fsp3) is 0.0541. The number of para-hydroxylation sites is 4. The molecule has 0 bridgehead atoms. The van der Waals surface area contributed by atoms with Crippen molar-refractivity contribution in [1.29, 1.82) is 0 Å². The van der Waals surface area contributed by atoms with Crippen molar-refractivity contribution in [3.05, 3.63) is 317 Å². The Bertz CT molecular complexity index is 4450. The van der Waals surface area contributed by atoms with Gasteiger partial charge in [-0.05, 0) is 130 Å². The first-order valence-electron chi connectivity index (χ1n) is 26.9. The highest BCUT2D eigenvalue weighted by atomic mass is 32.1. The molecule has 78 heavy (non-hydrogen) atoms. The highest BCUT2D eigenvalue weighted by Crippen LogP contribution is 2.65. The number of thiophene rings is 1. The van der Waals surface area contributed by atoms with Gasteiger partial charge in [-0.15, -0.1) is 11.3 Å². The van der Waals surface area contributed by atoms with Crippen molar-refractivity contribution >= 4 is 48.5 Å². The zero-order valence-corrected chi connectivity index (χ0v) is 43.8. The molecule has 3 nitrogen and oxygen atoms in total. The topological polar surface area (TPSA) is 21.7 Å². The van der Waals surface area contributed by atoms with E-state index in [1.54, 1.807) is 0 Å². The Morgan fingerprint density at radius 3 is 1.40 bits per heavy atom. The minimum absolute atomic E-state index is 0.550. The van der Waals surface area contributed by atoms with Crippen LogP contribution in [-0.4, -0.2) is 0 Å². The number of ether oxygens (including phenoxy) is 2. The number of allylic oxidation sites excluding steroid dienone is 3. The lowest BCUT2D eigenvalue weighted by molar-refractivity contribution is 0.434. The molecule has 0 fully saturated rings. The average molecular weight is 1020 g/mol. The van der Waals surface area contributed by atoms with Gasteiger partial charge in [0.25, 0.3) is 0 Å². The van der Waals surface area contributed by atoms with E-state index in [0.717, 1.165) is 67.9 Å². The maximum absolute atomic E-state index is 6.73. The minimum atomic E-state index is -0.583. The zero-order chi connectivity index (χ0) is 51.7. The second-order valence-corrected chi connectivity index (χ2v) is 21.9. The largest absolute Gasteiger partial charge is 0.457 e. The van der Waals surface area contributed by atoms with Gasteiger partial charge in [0.1, 0.15) is 23.0 Å². The lowest BCUT2D eigenvalue weighted by atomic mass is 9.65. The molecule has 0 saturated carbocycles. The van der Waals surface area contributed by atoms with Crippen LogP contribution in [0.2, 0.25) is 0 Å². The van der Waals surface area contributed by atoms with Crippen molar-refractivity contribution in [2.24, 2.45) is 0 Å². The lowest BCUT2D eigenvalue weighted by Crippen LogP contribution is -2.32. The Morgan fingerprint density at radius 2 is 0.808 bits per heavy atom. The molecule has 0 amide bonds. The third kappa shape index (κ3) is 6.04. The van der Waals surface area contributed by atoms with E-state index in [4.69, 9.17) is 9.47 Å². The predicted molar refractivity (Wildman–Crippen MR) is 322 cm³/mol. The first kappa shape index (κ1) is 44.8. The van der Waals surface area contributed by atoms with Gasteiger partial charge in [0, 0.05) is 65.1 Å². The van der Waals surface area contributed by atoms with Crippen LogP contribution in [0.3, 0.4) is 0 Å². The molecule has 0 saturated heterocycles.